The van der Waals surface area contributed by atoms with Crippen molar-refractivity contribution in [2.24, 2.45) is 0 Å². The van der Waals surface area contributed by atoms with E-state index in [9.17, 15) is 14.5 Å². The van der Waals surface area contributed by atoms with Gasteiger partial charge in [0.25, 0.3) is 5.69 Å². The Hall–Kier alpha value is -2.24. The van der Waals surface area contributed by atoms with E-state index < -0.39 is 10.7 Å². The number of nitro groups is 1. The van der Waals surface area contributed by atoms with Crippen molar-refractivity contribution < 1.29 is 9.31 Å². The van der Waals surface area contributed by atoms with Gasteiger partial charge in [-0.05, 0) is 19.1 Å². The van der Waals surface area contributed by atoms with Gasteiger partial charge in [-0.25, -0.2) is 4.39 Å². The van der Waals surface area contributed by atoms with Crippen LogP contribution >= 0.6 is 0 Å². The lowest BCUT2D eigenvalue weighted by Crippen LogP contribution is -2.03. The number of halogens is 1. The minimum Gasteiger partial charge on any atom is -0.381 e. The van der Waals surface area contributed by atoms with E-state index in [1.165, 1.54) is 6.20 Å². The summed E-state index contributed by atoms with van der Waals surface area (Å²) in [4.78, 5) is 14.2. The number of nitro benzene ring substituents is 1. The molecular weight excluding hydrogens is 225 g/mol. The summed E-state index contributed by atoms with van der Waals surface area (Å²) in [6.45, 7) is 2.33. The molecule has 0 spiro atoms. The molecule has 0 saturated heterocycles. The Kier molecular flexibility index (Phi) is 2.86. The first-order chi connectivity index (χ1) is 8.15. The fraction of sp³-hybridized carbons (Fsp3) is 0.182. The summed E-state index contributed by atoms with van der Waals surface area (Å²) in [5.74, 6) is -0.662. The molecule has 1 N–H and O–H groups in total. The third-order valence-electron chi connectivity index (χ3n) is 2.37. The molecule has 5 nitrogen and oxygen atoms in total. The Morgan fingerprint density at radius 3 is 3.00 bits per heavy atom. The average molecular weight is 235 g/mol. The number of hydrogen-bond donors (Lipinski definition) is 1. The third-order valence-corrected chi connectivity index (χ3v) is 2.37. The van der Waals surface area contributed by atoms with Crippen LogP contribution in [-0.2, 0) is 0 Å². The van der Waals surface area contributed by atoms with Crippen LogP contribution in [0.25, 0.3) is 10.9 Å². The van der Waals surface area contributed by atoms with Crippen molar-refractivity contribution in [3.8, 4) is 0 Å². The van der Waals surface area contributed by atoms with Crippen molar-refractivity contribution in [1.29, 1.82) is 0 Å². The smallest absolute Gasteiger partial charge is 0.281 e. The number of aromatic nitrogens is 1. The second-order valence-corrected chi connectivity index (χ2v) is 3.44. The van der Waals surface area contributed by atoms with Crippen molar-refractivity contribution in [3.63, 3.8) is 0 Å². The fourth-order valence-electron chi connectivity index (χ4n) is 1.69. The molecule has 0 saturated carbocycles. The summed E-state index contributed by atoms with van der Waals surface area (Å²) in [7, 11) is 0. The van der Waals surface area contributed by atoms with Crippen LogP contribution in [0.3, 0.4) is 0 Å². The van der Waals surface area contributed by atoms with Crippen LogP contribution in [0.2, 0.25) is 0 Å². The lowest BCUT2D eigenvalue weighted by atomic mass is 10.1. The molecular formula is C11H10FN3O2. The van der Waals surface area contributed by atoms with Gasteiger partial charge in [0.15, 0.2) is 5.82 Å². The highest BCUT2D eigenvalue weighted by Gasteiger charge is 2.19. The summed E-state index contributed by atoms with van der Waals surface area (Å²) in [6.07, 6.45) is 1.48. The van der Waals surface area contributed by atoms with Crippen molar-refractivity contribution in [2.75, 3.05) is 11.9 Å². The summed E-state index contributed by atoms with van der Waals surface area (Å²) in [5, 5.41) is 14.0. The molecule has 0 unspecified atom stereocenters. The monoisotopic (exact) mass is 235 g/mol. The zero-order chi connectivity index (χ0) is 12.4. The zero-order valence-corrected chi connectivity index (χ0v) is 9.11. The normalized spacial score (nSPS) is 10.5. The minimum atomic E-state index is -0.662. The van der Waals surface area contributed by atoms with Crippen molar-refractivity contribution >= 4 is 22.3 Å². The number of benzene rings is 1. The molecule has 6 heteroatoms. The van der Waals surface area contributed by atoms with Gasteiger partial charge < -0.3 is 5.32 Å². The molecule has 2 rings (SSSR count). The highest BCUT2D eigenvalue weighted by Crippen LogP contribution is 2.32. The van der Waals surface area contributed by atoms with Crippen molar-refractivity contribution in [3.05, 3.63) is 40.3 Å². The molecule has 0 atom stereocenters. The van der Waals surface area contributed by atoms with E-state index in [4.69, 9.17) is 0 Å². The number of nitrogens with one attached hydrogen (secondary N) is 1. The van der Waals surface area contributed by atoms with Crippen molar-refractivity contribution in [2.45, 2.75) is 6.92 Å². The maximum Gasteiger partial charge on any atom is 0.281 e. The first-order valence-electron chi connectivity index (χ1n) is 5.10. The van der Waals surface area contributed by atoms with Gasteiger partial charge in [-0.2, -0.15) is 0 Å². The van der Waals surface area contributed by atoms with Gasteiger partial charge in [0.2, 0.25) is 0 Å². The first-order valence-corrected chi connectivity index (χ1v) is 5.10. The Labute approximate surface area is 96.4 Å². The number of anilines is 1. The zero-order valence-electron chi connectivity index (χ0n) is 9.11. The minimum absolute atomic E-state index is 0.203. The first kappa shape index (κ1) is 11.3. The Balaban J connectivity index is 2.81. The van der Waals surface area contributed by atoms with E-state index in [0.29, 0.717) is 11.9 Å². The van der Waals surface area contributed by atoms with Gasteiger partial charge in [0, 0.05) is 12.7 Å². The second-order valence-electron chi connectivity index (χ2n) is 3.44. The average Bonchev–Trinajstić information content (AvgIpc) is 2.32. The molecule has 0 aliphatic heterocycles. The second kappa shape index (κ2) is 4.32. The molecule has 17 heavy (non-hydrogen) atoms. The van der Waals surface area contributed by atoms with Gasteiger partial charge in [0.1, 0.15) is 5.52 Å². The van der Waals surface area contributed by atoms with Gasteiger partial charge in [-0.1, -0.05) is 0 Å². The quantitative estimate of drug-likeness (QED) is 0.656. The van der Waals surface area contributed by atoms with Crippen LogP contribution in [0.4, 0.5) is 15.8 Å². The van der Waals surface area contributed by atoms with E-state index in [1.807, 2.05) is 6.92 Å². The van der Waals surface area contributed by atoms with Gasteiger partial charge in [-0.3, -0.25) is 15.1 Å². The number of non-ortho nitro benzene ring substituents is 1. The Bertz CT molecular complexity index is 586. The summed E-state index contributed by atoms with van der Waals surface area (Å²) < 4.78 is 13.7. The predicted octanol–water partition coefficient (Wildman–Crippen LogP) is 2.71. The number of fused-ring (bicyclic) bond motifs is 1. The predicted molar refractivity (Wildman–Crippen MR) is 62.5 cm³/mol. The molecule has 0 aliphatic rings. The van der Waals surface area contributed by atoms with Crippen LogP contribution in [-0.4, -0.2) is 16.5 Å². The molecule has 0 fully saturated rings. The molecule has 0 radical (unpaired) electrons. The number of pyridine rings is 1. The highest BCUT2D eigenvalue weighted by atomic mass is 19.1. The molecule has 1 aromatic carbocycles. The Morgan fingerprint density at radius 1 is 1.59 bits per heavy atom. The van der Waals surface area contributed by atoms with E-state index in [0.717, 1.165) is 6.07 Å². The SMILES string of the molecule is CCNc1c(F)cc([N+](=O)[O-])c2cccnc12. The lowest BCUT2D eigenvalue weighted by Gasteiger charge is -2.08. The van der Waals surface area contributed by atoms with Crippen LogP contribution in [0, 0.1) is 15.9 Å². The summed E-state index contributed by atoms with van der Waals surface area (Å²) in [5.41, 5.74) is 0.210. The molecule has 88 valence electrons. The van der Waals surface area contributed by atoms with Crippen LogP contribution in [0.15, 0.2) is 24.4 Å². The molecule has 1 aromatic heterocycles. The largest absolute Gasteiger partial charge is 0.381 e. The maximum absolute atomic E-state index is 13.7. The third kappa shape index (κ3) is 1.89. The molecule has 0 bridgehead atoms. The van der Waals surface area contributed by atoms with Crippen LogP contribution in [0.1, 0.15) is 6.92 Å². The summed E-state index contributed by atoms with van der Waals surface area (Å²) in [6, 6.07) is 4.06. The highest BCUT2D eigenvalue weighted by molar-refractivity contribution is 5.96. The fourth-order valence-corrected chi connectivity index (χ4v) is 1.69. The maximum atomic E-state index is 13.7. The molecule has 0 aliphatic carbocycles. The summed E-state index contributed by atoms with van der Waals surface area (Å²) >= 11 is 0. The van der Waals surface area contributed by atoms with E-state index in [-0.39, 0.29) is 16.9 Å². The molecule has 2 aromatic rings. The lowest BCUT2D eigenvalue weighted by molar-refractivity contribution is -0.383. The molecule has 1 heterocycles. The topological polar surface area (TPSA) is 68.1 Å². The van der Waals surface area contributed by atoms with Gasteiger partial charge >= 0.3 is 0 Å². The number of hydrogen-bond acceptors (Lipinski definition) is 4. The molecule has 0 amide bonds. The van der Waals surface area contributed by atoms with Gasteiger partial charge in [-0.15, -0.1) is 0 Å². The van der Waals surface area contributed by atoms with E-state index in [1.54, 1.807) is 12.1 Å². The van der Waals surface area contributed by atoms with Crippen LogP contribution < -0.4 is 5.32 Å². The number of nitrogens with zero attached hydrogens (tertiary/aromatic N) is 2. The Morgan fingerprint density at radius 2 is 2.35 bits per heavy atom. The standard InChI is InChI=1S/C11H10FN3O2/c1-2-13-11-8(12)6-9(15(16)17)7-4-3-5-14-10(7)11/h3-6,13H,2H2,1H3. The van der Waals surface area contributed by atoms with Crippen LogP contribution in [0.5, 0.6) is 0 Å². The van der Waals surface area contributed by atoms with Gasteiger partial charge in [0.05, 0.1) is 22.1 Å². The number of rotatable bonds is 3. The van der Waals surface area contributed by atoms with E-state index in [2.05, 4.69) is 10.3 Å². The van der Waals surface area contributed by atoms with E-state index >= 15 is 0 Å². The van der Waals surface area contributed by atoms with Crippen molar-refractivity contribution in [1.82, 2.24) is 4.98 Å².